The molecule has 1 aliphatic heterocycles. The standard InChI is InChI=1S/C16H17N3O3S/c1-10-12(11(2)22-18-10)8-23-9-16(21)19-7-15(20)17-13-5-3-4-6-14(13)19/h3-6H,7-9H2,1-2H3,(H,17,20). The molecule has 0 spiro atoms. The van der Waals surface area contributed by atoms with Crippen LogP contribution in [0, 0.1) is 13.8 Å². The molecule has 0 saturated carbocycles. The van der Waals surface area contributed by atoms with E-state index < -0.39 is 0 Å². The van der Waals surface area contributed by atoms with Crippen molar-refractivity contribution in [1.82, 2.24) is 5.16 Å². The zero-order valence-corrected chi connectivity index (χ0v) is 13.8. The maximum absolute atomic E-state index is 12.5. The van der Waals surface area contributed by atoms with Crippen molar-refractivity contribution < 1.29 is 14.1 Å². The van der Waals surface area contributed by atoms with E-state index in [0.29, 0.717) is 17.2 Å². The number of fused-ring (bicyclic) bond motifs is 1. The quantitative estimate of drug-likeness (QED) is 0.931. The topological polar surface area (TPSA) is 75.4 Å². The molecule has 0 aliphatic carbocycles. The van der Waals surface area contributed by atoms with Crippen molar-refractivity contribution >= 4 is 35.0 Å². The van der Waals surface area contributed by atoms with E-state index in [1.807, 2.05) is 32.0 Å². The van der Waals surface area contributed by atoms with Gasteiger partial charge in [-0.05, 0) is 26.0 Å². The van der Waals surface area contributed by atoms with Gasteiger partial charge >= 0.3 is 0 Å². The number of amides is 2. The van der Waals surface area contributed by atoms with E-state index in [2.05, 4.69) is 10.5 Å². The second-order valence-electron chi connectivity index (χ2n) is 5.34. The number of para-hydroxylation sites is 2. The predicted octanol–water partition coefficient (Wildman–Crippen LogP) is 2.51. The van der Waals surface area contributed by atoms with Crippen LogP contribution in [0.3, 0.4) is 0 Å². The first kappa shape index (κ1) is 15.6. The Bertz CT molecular complexity index is 737. The summed E-state index contributed by atoms with van der Waals surface area (Å²) in [6.07, 6.45) is 0. The summed E-state index contributed by atoms with van der Waals surface area (Å²) in [6, 6.07) is 7.32. The van der Waals surface area contributed by atoms with Crippen molar-refractivity contribution in [1.29, 1.82) is 0 Å². The Labute approximate surface area is 138 Å². The van der Waals surface area contributed by atoms with Crippen molar-refractivity contribution in [3.8, 4) is 0 Å². The summed E-state index contributed by atoms with van der Waals surface area (Å²) in [7, 11) is 0. The number of aromatic nitrogens is 1. The minimum Gasteiger partial charge on any atom is -0.361 e. The van der Waals surface area contributed by atoms with Crippen LogP contribution in [0.1, 0.15) is 17.0 Å². The number of hydrogen-bond acceptors (Lipinski definition) is 5. The maximum atomic E-state index is 12.5. The van der Waals surface area contributed by atoms with E-state index in [4.69, 9.17) is 4.52 Å². The molecule has 0 saturated heterocycles. The fourth-order valence-corrected chi connectivity index (χ4v) is 3.53. The summed E-state index contributed by atoms with van der Waals surface area (Å²) >= 11 is 1.49. The molecule has 1 aliphatic rings. The molecule has 0 unspecified atom stereocenters. The molecule has 2 heterocycles. The smallest absolute Gasteiger partial charge is 0.244 e. The number of anilines is 2. The highest BCUT2D eigenvalue weighted by atomic mass is 32.2. The Morgan fingerprint density at radius 3 is 2.91 bits per heavy atom. The average molecular weight is 331 g/mol. The Morgan fingerprint density at radius 1 is 1.39 bits per heavy atom. The van der Waals surface area contributed by atoms with Gasteiger partial charge in [-0.25, -0.2) is 0 Å². The lowest BCUT2D eigenvalue weighted by molar-refractivity contribution is -0.120. The Morgan fingerprint density at radius 2 is 2.17 bits per heavy atom. The number of carbonyl (C=O) groups is 2. The first-order chi connectivity index (χ1) is 11.1. The molecular weight excluding hydrogens is 314 g/mol. The Kier molecular flexibility index (Phi) is 4.38. The van der Waals surface area contributed by atoms with Crippen LogP contribution in [0.4, 0.5) is 11.4 Å². The highest BCUT2D eigenvalue weighted by molar-refractivity contribution is 7.99. The molecule has 0 radical (unpaired) electrons. The average Bonchev–Trinajstić information content (AvgIpc) is 2.85. The third kappa shape index (κ3) is 3.24. The van der Waals surface area contributed by atoms with Crippen LogP contribution in [-0.2, 0) is 15.3 Å². The van der Waals surface area contributed by atoms with Crippen molar-refractivity contribution in [2.24, 2.45) is 0 Å². The molecule has 6 nitrogen and oxygen atoms in total. The van der Waals surface area contributed by atoms with Crippen LogP contribution in [0.15, 0.2) is 28.8 Å². The minimum atomic E-state index is -0.173. The summed E-state index contributed by atoms with van der Waals surface area (Å²) in [4.78, 5) is 25.8. The lowest BCUT2D eigenvalue weighted by Gasteiger charge is -2.29. The first-order valence-corrected chi connectivity index (χ1v) is 8.40. The van der Waals surface area contributed by atoms with Crippen LogP contribution in [0.25, 0.3) is 0 Å². The van der Waals surface area contributed by atoms with Gasteiger partial charge < -0.3 is 14.7 Å². The monoisotopic (exact) mass is 331 g/mol. The summed E-state index contributed by atoms with van der Waals surface area (Å²) in [5, 5.41) is 6.68. The van der Waals surface area contributed by atoms with Gasteiger partial charge in [-0.3, -0.25) is 9.59 Å². The molecule has 120 valence electrons. The van der Waals surface area contributed by atoms with Crippen LogP contribution in [0.2, 0.25) is 0 Å². The van der Waals surface area contributed by atoms with Gasteiger partial charge in [0.05, 0.1) is 22.8 Å². The van der Waals surface area contributed by atoms with Crippen LogP contribution >= 0.6 is 11.8 Å². The van der Waals surface area contributed by atoms with Gasteiger partial charge in [0.1, 0.15) is 12.3 Å². The molecule has 1 aromatic heterocycles. The largest absolute Gasteiger partial charge is 0.361 e. The number of nitrogens with zero attached hydrogens (tertiary/aromatic N) is 2. The van der Waals surface area contributed by atoms with Crippen molar-refractivity contribution in [2.45, 2.75) is 19.6 Å². The summed E-state index contributed by atoms with van der Waals surface area (Å²) < 4.78 is 5.12. The highest BCUT2D eigenvalue weighted by Gasteiger charge is 2.26. The van der Waals surface area contributed by atoms with E-state index in [-0.39, 0.29) is 18.4 Å². The summed E-state index contributed by atoms with van der Waals surface area (Å²) in [5.74, 6) is 1.49. The fourth-order valence-electron chi connectivity index (χ4n) is 2.48. The summed E-state index contributed by atoms with van der Waals surface area (Å²) in [6.45, 7) is 3.81. The third-order valence-electron chi connectivity index (χ3n) is 3.72. The molecular formula is C16H17N3O3S. The zero-order valence-electron chi connectivity index (χ0n) is 13.0. The maximum Gasteiger partial charge on any atom is 0.244 e. The lowest BCUT2D eigenvalue weighted by Crippen LogP contribution is -2.43. The van der Waals surface area contributed by atoms with Crippen LogP contribution in [0.5, 0.6) is 0 Å². The molecule has 7 heteroatoms. The van der Waals surface area contributed by atoms with Gasteiger partial charge in [0, 0.05) is 11.3 Å². The van der Waals surface area contributed by atoms with Gasteiger partial charge in [0.15, 0.2) is 0 Å². The van der Waals surface area contributed by atoms with Crippen molar-refractivity contribution in [3.63, 3.8) is 0 Å². The number of benzene rings is 1. The van der Waals surface area contributed by atoms with Crippen molar-refractivity contribution in [3.05, 3.63) is 41.3 Å². The van der Waals surface area contributed by atoms with Crippen molar-refractivity contribution in [2.75, 3.05) is 22.5 Å². The minimum absolute atomic E-state index is 0.0573. The fraction of sp³-hybridized carbons (Fsp3) is 0.312. The van der Waals surface area contributed by atoms with Gasteiger partial charge in [0.2, 0.25) is 11.8 Å². The number of aryl methyl sites for hydroxylation is 2. The molecule has 0 bridgehead atoms. The Hall–Kier alpha value is -2.28. The highest BCUT2D eigenvalue weighted by Crippen LogP contribution is 2.29. The summed E-state index contributed by atoms with van der Waals surface area (Å²) in [5.41, 5.74) is 3.30. The van der Waals surface area contributed by atoms with Gasteiger partial charge in [-0.15, -0.1) is 11.8 Å². The number of rotatable bonds is 4. The Balaban J connectivity index is 1.66. The van der Waals surface area contributed by atoms with Crippen LogP contribution in [-0.4, -0.2) is 29.3 Å². The number of thioether (sulfide) groups is 1. The molecule has 1 aromatic carbocycles. The van der Waals surface area contributed by atoms with Gasteiger partial charge in [0.25, 0.3) is 0 Å². The number of carbonyl (C=O) groups excluding carboxylic acids is 2. The molecule has 0 atom stereocenters. The van der Waals surface area contributed by atoms with E-state index >= 15 is 0 Å². The van der Waals surface area contributed by atoms with E-state index in [0.717, 1.165) is 22.7 Å². The first-order valence-electron chi connectivity index (χ1n) is 7.25. The molecule has 2 aromatic rings. The molecule has 23 heavy (non-hydrogen) atoms. The van der Waals surface area contributed by atoms with E-state index in [1.165, 1.54) is 16.7 Å². The zero-order chi connectivity index (χ0) is 16.4. The third-order valence-corrected chi connectivity index (χ3v) is 4.67. The SMILES string of the molecule is Cc1noc(C)c1CSCC(=O)N1CC(=O)Nc2ccccc21. The van der Waals surface area contributed by atoms with Crippen LogP contribution < -0.4 is 10.2 Å². The van der Waals surface area contributed by atoms with Gasteiger partial charge in [-0.2, -0.15) is 0 Å². The van der Waals surface area contributed by atoms with Gasteiger partial charge in [-0.1, -0.05) is 17.3 Å². The number of hydrogen-bond donors (Lipinski definition) is 1. The second kappa shape index (κ2) is 6.45. The normalized spacial score (nSPS) is 13.7. The molecule has 0 fully saturated rings. The number of nitrogens with one attached hydrogen (secondary N) is 1. The molecule has 3 rings (SSSR count). The molecule has 2 amide bonds. The van der Waals surface area contributed by atoms with E-state index in [1.54, 1.807) is 6.07 Å². The molecule has 1 N–H and O–H groups in total. The predicted molar refractivity (Wildman–Crippen MR) is 89.6 cm³/mol. The lowest BCUT2D eigenvalue weighted by atomic mass is 10.2. The van der Waals surface area contributed by atoms with E-state index in [9.17, 15) is 9.59 Å². The second-order valence-corrected chi connectivity index (χ2v) is 6.33.